The van der Waals surface area contributed by atoms with Crippen molar-refractivity contribution < 1.29 is 37.2 Å². The van der Waals surface area contributed by atoms with Crippen molar-refractivity contribution in [1.29, 1.82) is 0 Å². The summed E-state index contributed by atoms with van der Waals surface area (Å²) < 4.78 is 44.8. The molecule has 2 aliphatic heterocycles. The Balaban J connectivity index is 1.44. The molecule has 4 atom stereocenters. The van der Waals surface area contributed by atoms with E-state index < -0.39 is 48.4 Å². The lowest BCUT2D eigenvalue weighted by atomic mass is 9.78. The molecule has 9 N–H and O–H groups in total. The number of anilines is 1. The van der Waals surface area contributed by atoms with Gasteiger partial charge in [0.2, 0.25) is 17.7 Å². The average Bonchev–Trinajstić information content (AvgIpc) is 3.51. The molecular formula is C30H40BF3N6O5. The van der Waals surface area contributed by atoms with Crippen molar-refractivity contribution in [3.05, 3.63) is 59.2 Å². The number of likely N-dealkylation sites (tertiary alicyclic amines) is 1. The SMILES string of the molecule is CC1(C)OB(O)c2cc(NC(=O)[C@@H](Cc3ccc(C(F)(F)F)cc3)NC(=O)[C@@H](N)CCC(=O)N3C[C@@H](CN)[C@H](CN)C3)ccc21. The number of amides is 3. The summed E-state index contributed by atoms with van der Waals surface area (Å²) in [5.41, 5.74) is 18.0. The van der Waals surface area contributed by atoms with Gasteiger partial charge in [0.25, 0.3) is 0 Å². The lowest BCUT2D eigenvalue weighted by Crippen LogP contribution is -2.51. The van der Waals surface area contributed by atoms with Crippen LogP contribution < -0.4 is 33.3 Å². The van der Waals surface area contributed by atoms with Crippen molar-refractivity contribution in [1.82, 2.24) is 10.2 Å². The van der Waals surface area contributed by atoms with Gasteiger partial charge in [-0.05, 0) is 86.0 Å². The first-order valence-electron chi connectivity index (χ1n) is 14.8. The van der Waals surface area contributed by atoms with Crippen LogP contribution in [0, 0.1) is 11.8 Å². The Morgan fingerprint density at radius 2 is 1.69 bits per heavy atom. The van der Waals surface area contributed by atoms with Crippen LogP contribution in [0.4, 0.5) is 18.9 Å². The number of hydrogen-bond acceptors (Lipinski definition) is 8. The minimum atomic E-state index is -4.53. The van der Waals surface area contributed by atoms with Crippen molar-refractivity contribution in [2.45, 2.75) is 57.0 Å². The predicted molar refractivity (Wildman–Crippen MR) is 163 cm³/mol. The van der Waals surface area contributed by atoms with Crippen LogP contribution in [0.1, 0.15) is 43.4 Å². The van der Waals surface area contributed by atoms with E-state index in [-0.39, 0.29) is 37.0 Å². The summed E-state index contributed by atoms with van der Waals surface area (Å²) in [7, 11) is -1.20. The topological polar surface area (TPSA) is 186 Å². The van der Waals surface area contributed by atoms with Crippen molar-refractivity contribution in [3.63, 3.8) is 0 Å². The first-order valence-corrected chi connectivity index (χ1v) is 14.8. The summed E-state index contributed by atoms with van der Waals surface area (Å²) in [6, 6.07) is 6.80. The molecule has 1 fully saturated rings. The number of fused-ring (bicyclic) bond motifs is 1. The Hall–Kier alpha value is -3.50. The Morgan fingerprint density at radius 1 is 1.07 bits per heavy atom. The smallest absolute Gasteiger partial charge is 0.423 e. The molecule has 0 bridgehead atoms. The number of nitrogens with zero attached hydrogens (tertiary/aromatic N) is 1. The van der Waals surface area contributed by atoms with Gasteiger partial charge in [0.1, 0.15) is 6.04 Å². The molecule has 0 unspecified atom stereocenters. The lowest BCUT2D eigenvalue weighted by molar-refractivity contribution is -0.137. The average molecular weight is 632 g/mol. The summed E-state index contributed by atoms with van der Waals surface area (Å²) in [4.78, 5) is 41.0. The maximum Gasteiger partial charge on any atom is 0.492 e. The van der Waals surface area contributed by atoms with Gasteiger partial charge in [-0.25, -0.2) is 0 Å². The zero-order chi connectivity index (χ0) is 33.1. The molecule has 2 aromatic carbocycles. The molecule has 11 nitrogen and oxygen atoms in total. The third-order valence-electron chi connectivity index (χ3n) is 8.53. The van der Waals surface area contributed by atoms with E-state index >= 15 is 0 Å². The minimum Gasteiger partial charge on any atom is -0.423 e. The molecule has 4 rings (SSSR count). The van der Waals surface area contributed by atoms with Gasteiger partial charge in [0.15, 0.2) is 0 Å². The van der Waals surface area contributed by atoms with Gasteiger partial charge in [-0.1, -0.05) is 18.2 Å². The fraction of sp³-hybridized carbons (Fsp3) is 0.500. The zero-order valence-corrected chi connectivity index (χ0v) is 25.3. The molecule has 0 radical (unpaired) electrons. The number of halogens is 3. The molecule has 0 aromatic heterocycles. The zero-order valence-electron chi connectivity index (χ0n) is 25.3. The lowest BCUT2D eigenvalue weighted by Gasteiger charge is -2.22. The second kappa shape index (κ2) is 13.9. The van der Waals surface area contributed by atoms with E-state index in [4.69, 9.17) is 21.9 Å². The van der Waals surface area contributed by atoms with Gasteiger partial charge in [-0.3, -0.25) is 14.4 Å². The molecule has 2 aliphatic rings. The number of nitrogens with one attached hydrogen (secondary N) is 2. The van der Waals surface area contributed by atoms with Crippen LogP contribution in [-0.2, 0) is 37.2 Å². The van der Waals surface area contributed by atoms with Gasteiger partial charge < -0.3 is 42.4 Å². The maximum atomic E-state index is 13.4. The van der Waals surface area contributed by atoms with Crippen molar-refractivity contribution in [2.24, 2.45) is 29.0 Å². The van der Waals surface area contributed by atoms with Crippen LogP contribution in [-0.4, -0.2) is 73.0 Å². The van der Waals surface area contributed by atoms with Gasteiger partial charge in [-0.15, -0.1) is 0 Å². The number of hydrogen-bond donors (Lipinski definition) is 6. The van der Waals surface area contributed by atoms with E-state index in [9.17, 15) is 32.6 Å². The first-order chi connectivity index (χ1) is 21.1. The summed E-state index contributed by atoms with van der Waals surface area (Å²) in [5.74, 6) is -1.33. The number of nitrogens with two attached hydrogens (primary N) is 3. The van der Waals surface area contributed by atoms with Crippen LogP contribution in [0.25, 0.3) is 0 Å². The highest BCUT2D eigenvalue weighted by Gasteiger charge is 2.41. The molecule has 45 heavy (non-hydrogen) atoms. The van der Waals surface area contributed by atoms with E-state index in [1.54, 1.807) is 36.9 Å². The first kappa shape index (κ1) is 34.4. The van der Waals surface area contributed by atoms with Crippen LogP contribution >= 0.6 is 0 Å². The molecule has 0 spiro atoms. The van der Waals surface area contributed by atoms with Crippen molar-refractivity contribution in [2.75, 3.05) is 31.5 Å². The number of rotatable bonds is 11. The van der Waals surface area contributed by atoms with Crippen LogP contribution in [0.2, 0.25) is 0 Å². The third-order valence-corrected chi connectivity index (χ3v) is 8.53. The molecule has 1 saturated heterocycles. The summed E-state index contributed by atoms with van der Waals surface area (Å²) in [6.45, 7) is 5.38. The second-order valence-corrected chi connectivity index (χ2v) is 12.2. The summed E-state index contributed by atoms with van der Waals surface area (Å²) in [6.07, 6.45) is -4.67. The molecule has 2 aromatic rings. The Morgan fingerprint density at radius 3 is 2.27 bits per heavy atom. The number of benzene rings is 2. The van der Waals surface area contributed by atoms with Crippen molar-refractivity contribution in [3.8, 4) is 0 Å². The highest BCUT2D eigenvalue weighted by molar-refractivity contribution is 6.62. The molecule has 3 amide bonds. The van der Waals surface area contributed by atoms with Gasteiger partial charge in [0.05, 0.1) is 17.2 Å². The Labute approximate surface area is 260 Å². The largest absolute Gasteiger partial charge is 0.492 e. The molecule has 0 aliphatic carbocycles. The molecule has 244 valence electrons. The minimum absolute atomic E-state index is 0.00515. The van der Waals surface area contributed by atoms with E-state index in [0.29, 0.717) is 42.9 Å². The molecule has 15 heteroatoms. The maximum absolute atomic E-state index is 13.4. The predicted octanol–water partition coefficient (Wildman–Crippen LogP) is 0.424. The quantitative estimate of drug-likeness (QED) is 0.193. The van der Waals surface area contributed by atoms with Gasteiger partial charge in [-0.2, -0.15) is 13.2 Å². The van der Waals surface area contributed by atoms with Crippen LogP contribution in [0.3, 0.4) is 0 Å². The fourth-order valence-electron chi connectivity index (χ4n) is 5.83. The summed E-state index contributed by atoms with van der Waals surface area (Å²) >= 11 is 0. The van der Waals surface area contributed by atoms with E-state index in [1.165, 1.54) is 12.1 Å². The van der Waals surface area contributed by atoms with Gasteiger partial charge >= 0.3 is 13.3 Å². The second-order valence-electron chi connectivity index (χ2n) is 12.2. The van der Waals surface area contributed by atoms with Crippen molar-refractivity contribution >= 4 is 36.0 Å². The van der Waals surface area contributed by atoms with Gasteiger partial charge in [0, 0.05) is 31.6 Å². The monoisotopic (exact) mass is 632 g/mol. The summed E-state index contributed by atoms with van der Waals surface area (Å²) in [5, 5.41) is 15.6. The Bertz CT molecular complexity index is 1380. The molecule has 2 heterocycles. The molecular weight excluding hydrogens is 592 g/mol. The number of alkyl halides is 3. The fourth-order valence-corrected chi connectivity index (χ4v) is 5.83. The van der Waals surface area contributed by atoms with Crippen LogP contribution in [0.15, 0.2) is 42.5 Å². The van der Waals surface area contributed by atoms with E-state index in [1.807, 2.05) is 0 Å². The van der Waals surface area contributed by atoms with E-state index in [0.717, 1.165) is 17.7 Å². The van der Waals surface area contributed by atoms with E-state index in [2.05, 4.69) is 10.6 Å². The van der Waals surface area contributed by atoms with Crippen LogP contribution in [0.5, 0.6) is 0 Å². The normalized spacial score (nSPS) is 20.5. The molecule has 0 saturated carbocycles. The Kier molecular flexibility index (Phi) is 10.6. The highest BCUT2D eigenvalue weighted by Crippen LogP contribution is 2.31. The highest BCUT2D eigenvalue weighted by atomic mass is 19.4. The third kappa shape index (κ3) is 8.21. The number of carbonyl (C=O) groups is 3. The standard InChI is InChI=1S/C30H40BF3N6O5/c1-29(2)22-8-7-21(12-23(22)31(44)45-29)38-28(43)25(11-17-3-5-20(6-4-17)30(32,33)34)39-27(42)24(37)9-10-26(41)40-15-18(13-35)19(14-36)16-40/h3-8,12,18-19,24-25,44H,9-11,13-16,35-37H2,1-2H3,(H,38,43)(H,39,42)/t18-,19-,24+,25-/m1/s1. The number of carbonyl (C=O) groups excluding carboxylic acids is 3.